The Kier molecular flexibility index (Phi) is 2.87. The summed E-state index contributed by atoms with van der Waals surface area (Å²) in [7, 11) is 0. The fraction of sp³-hybridized carbons (Fsp3) is 0.533. The van der Waals surface area contributed by atoms with Gasteiger partial charge < -0.3 is 14.2 Å². The van der Waals surface area contributed by atoms with Gasteiger partial charge in [-0.3, -0.25) is 0 Å². The fourth-order valence-corrected chi connectivity index (χ4v) is 2.96. The quantitative estimate of drug-likeness (QED) is 0.836. The van der Waals surface area contributed by atoms with Crippen LogP contribution in [0.2, 0.25) is 0 Å². The number of benzene rings is 1. The van der Waals surface area contributed by atoms with Crippen LogP contribution in [0.25, 0.3) is 0 Å². The summed E-state index contributed by atoms with van der Waals surface area (Å²) in [5.74, 6) is 1.78. The molecule has 4 heteroatoms. The smallest absolute Gasteiger partial charge is 0.231 e. The molecule has 0 radical (unpaired) electrons. The highest BCUT2D eigenvalue weighted by Crippen LogP contribution is 2.45. The molecular formula is C15H17NO3. The maximum Gasteiger partial charge on any atom is 0.231 e. The molecule has 0 bridgehead atoms. The number of nitrogens with zero attached hydrogens (tertiary/aromatic N) is 1. The largest absolute Gasteiger partial charge is 0.454 e. The summed E-state index contributed by atoms with van der Waals surface area (Å²) < 4.78 is 16.2. The van der Waals surface area contributed by atoms with Gasteiger partial charge in [-0.15, -0.1) is 0 Å². The van der Waals surface area contributed by atoms with Crippen molar-refractivity contribution in [2.75, 3.05) is 20.0 Å². The van der Waals surface area contributed by atoms with Gasteiger partial charge in [0.15, 0.2) is 11.5 Å². The van der Waals surface area contributed by atoms with E-state index in [1.165, 1.54) is 0 Å². The molecule has 0 amide bonds. The van der Waals surface area contributed by atoms with Gasteiger partial charge in [-0.1, -0.05) is 19.9 Å². The Morgan fingerprint density at radius 3 is 2.53 bits per heavy atom. The average molecular weight is 259 g/mol. The zero-order valence-corrected chi connectivity index (χ0v) is 11.2. The molecule has 0 N–H and O–H groups in total. The van der Waals surface area contributed by atoms with Crippen LogP contribution in [-0.2, 0) is 10.2 Å². The first-order chi connectivity index (χ1) is 9.17. The van der Waals surface area contributed by atoms with E-state index in [9.17, 15) is 5.26 Å². The molecule has 1 atom stereocenters. The number of hydrogen-bond acceptors (Lipinski definition) is 4. The lowest BCUT2D eigenvalue weighted by atomic mass is 9.65. The summed E-state index contributed by atoms with van der Waals surface area (Å²) >= 11 is 0. The summed E-state index contributed by atoms with van der Waals surface area (Å²) in [5, 5.41) is 9.49. The van der Waals surface area contributed by atoms with Crippen molar-refractivity contribution in [3.8, 4) is 17.6 Å². The van der Waals surface area contributed by atoms with Gasteiger partial charge in [-0.2, -0.15) is 5.26 Å². The van der Waals surface area contributed by atoms with E-state index in [-0.39, 0.29) is 18.1 Å². The van der Waals surface area contributed by atoms with Gasteiger partial charge in [0, 0.05) is 0 Å². The summed E-state index contributed by atoms with van der Waals surface area (Å²) in [5.41, 5.74) is 0.910. The molecule has 100 valence electrons. The Morgan fingerprint density at radius 1 is 1.21 bits per heavy atom. The van der Waals surface area contributed by atoms with Crippen LogP contribution in [0, 0.1) is 23.2 Å². The predicted molar refractivity (Wildman–Crippen MR) is 69.0 cm³/mol. The highest BCUT2D eigenvalue weighted by molar-refractivity contribution is 5.48. The van der Waals surface area contributed by atoms with Crippen LogP contribution in [0.4, 0.5) is 0 Å². The van der Waals surface area contributed by atoms with Gasteiger partial charge in [-0.25, -0.2) is 0 Å². The second-order valence-corrected chi connectivity index (χ2v) is 5.57. The van der Waals surface area contributed by atoms with E-state index < -0.39 is 0 Å². The first-order valence-electron chi connectivity index (χ1n) is 6.55. The summed E-state index contributed by atoms with van der Waals surface area (Å²) in [6.07, 6.45) is 0. The molecule has 0 spiro atoms. The predicted octanol–water partition coefficient (Wildman–Crippen LogP) is 2.48. The van der Waals surface area contributed by atoms with E-state index in [4.69, 9.17) is 14.2 Å². The Hall–Kier alpha value is -1.73. The van der Waals surface area contributed by atoms with Crippen molar-refractivity contribution < 1.29 is 14.2 Å². The molecular weight excluding hydrogens is 242 g/mol. The first kappa shape index (κ1) is 12.3. The monoisotopic (exact) mass is 259 g/mol. The molecule has 1 unspecified atom stereocenters. The highest BCUT2D eigenvalue weighted by atomic mass is 16.7. The molecule has 2 aliphatic heterocycles. The number of fused-ring (bicyclic) bond motifs is 1. The molecule has 3 rings (SSSR count). The standard InChI is InChI=1S/C15H17NO3/c1-10(2)12(6-16)15(7-17-8-15)11-3-4-13-14(5-11)19-9-18-13/h3-5,10,12H,7-9H2,1-2H3. The van der Waals surface area contributed by atoms with Crippen LogP contribution < -0.4 is 9.47 Å². The molecule has 19 heavy (non-hydrogen) atoms. The van der Waals surface area contributed by atoms with Crippen molar-refractivity contribution in [1.29, 1.82) is 5.26 Å². The topological polar surface area (TPSA) is 51.5 Å². The molecule has 1 aromatic carbocycles. The maximum absolute atomic E-state index is 9.49. The number of nitriles is 1. The molecule has 0 saturated carbocycles. The van der Waals surface area contributed by atoms with Crippen molar-refractivity contribution in [1.82, 2.24) is 0 Å². The molecule has 2 heterocycles. The summed E-state index contributed by atoms with van der Waals surface area (Å²) in [6, 6.07) is 8.41. The Balaban J connectivity index is 2.00. The van der Waals surface area contributed by atoms with Gasteiger partial charge >= 0.3 is 0 Å². The van der Waals surface area contributed by atoms with E-state index in [0.29, 0.717) is 19.1 Å². The lowest BCUT2D eigenvalue weighted by Gasteiger charge is -2.46. The van der Waals surface area contributed by atoms with Gasteiger partial charge in [0.1, 0.15) is 0 Å². The van der Waals surface area contributed by atoms with Crippen LogP contribution >= 0.6 is 0 Å². The second-order valence-electron chi connectivity index (χ2n) is 5.57. The Morgan fingerprint density at radius 2 is 1.95 bits per heavy atom. The minimum absolute atomic E-state index is 0.0541. The third-order valence-corrected chi connectivity index (χ3v) is 4.07. The van der Waals surface area contributed by atoms with E-state index in [2.05, 4.69) is 19.9 Å². The van der Waals surface area contributed by atoms with Crippen molar-refractivity contribution in [2.45, 2.75) is 19.3 Å². The lowest BCUT2D eigenvalue weighted by molar-refractivity contribution is -0.0877. The molecule has 0 aromatic heterocycles. The Labute approximate surface area is 112 Å². The fourth-order valence-electron chi connectivity index (χ4n) is 2.96. The van der Waals surface area contributed by atoms with Crippen LogP contribution in [-0.4, -0.2) is 20.0 Å². The van der Waals surface area contributed by atoms with Gasteiger partial charge in [0.25, 0.3) is 0 Å². The van der Waals surface area contributed by atoms with Crippen LogP contribution in [0.15, 0.2) is 18.2 Å². The molecule has 1 saturated heterocycles. The van der Waals surface area contributed by atoms with Crippen LogP contribution in [0.5, 0.6) is 11.5 Å². The molecule has 1 fully saturated rings. The third-order valence-electron chi connectivity index (χ3n) is 4.07. The summed E-state index contributed by atoms with van der Waals surface area (Å²) in [6.45, 7) is 5.64. The highest BCUT2D eigenvalue weighted by Gasteiger charge is 2.49. The van der Waals surface area contributed by atoms with Crippen molar-refractivity contribution in [3.63, 3.8) is 0 Å². The summed E-state index contributed by atoms with van der Waals surface area (Å²) in [4.78, 5) is 0. The van der Waals surface area contributed by atoms with Gasteiger partial charge in [0.05, 0.1) is 30.6 Å². The molecule has 2 aliphatic rings. The average Bonchev–Trinajstić information content (AvgIpc) is 2.79. The van der Waals surface area contributed by atoms with E-state index in [1.807, 2.05) is 18.2 Å². The zero-order valence-electron chi connectivity index (χ0n) is 11.2. The van der Waals surface area contributed by atoms with E-state index in [0.717, 1.165) is 17.1 Å². The molecule has 1 aromatic rings. The number of hydrogen-bond donors (Lipinski definition) is 0. The minimum Gasteiger partial charge on any atom is -0.454 e. The van der Waals surface area contributed by atoms with Crippen molar-refractivity contribution >= 4 is 0 Å². The Bertz CT molecular complexity index is 529. The van der Waals surface area contributed by atoms with Gasteiger partial charge in [-0.05, 0) is 23.6 Å². The minimum atomic E-state index is -0.204. The van der Waals surface area contributed by atoms with E-state index >= 15 is 0 Å². The first-order valence-corrected chi connectivity index (χ1v) is 6.55. The maximum atomic E-state index is 9.49. The second kappa shape index (κ2) is 4.43. The zero-order chi connectivity index (χ0) is 13.5. The van der Waals surface area contributed by atoms with E-state index in [1.54, 1.807) is 0 Å². The molecule has 0 aliphatic carbocycles. The van der Waals surface area contributed by atoms with Gasteiger partial charge in [0.2, 0.25) is 6.79 Å². The van der Waals surface area contributed by atoms with Crippen molar-refractivity contribution in [2.24, 2.45) is 11.8 Å². The normalized spacial score (nSPS) is 20.7. The SMILES string of the molecule is CC(C)C(C#N)C1(c2ccc3c(c2)OCO3)COC1. The lowest BCUT2D eigenvalue weighted by Crippen LogP contribution is -2.53. The van der Waals surface area contributed by atoms with Crippen molar-refractivity contribution in [3.05, 3.63) is 23.8 Å². The number of rotatable bonds is 3. The third kappa shape index (κ3) is 1.77. The van der Waals surface area contributed by atoms with Crippen LogP contribution in [0.1, 0.15) is 19.4 Å². The van der Waals surface area contributed by atoms with Crippen LogP contribution in [0.3, 0.4) is 0 Å². The molecule has 4 nitrogen and oxygen atoms in total. The number of ether oxygens (including phenoxy) is 3.